The quantitative estimate of drug-likeness (QED) is 0.166. The molecule has 3 heteroatoms. The molecule has 0 amide bonds. The van der Waals surface area contributed by atoms with Gasteiger partial charge in [-0.25, -0.2) is 9.97 Å². The molecular weight excluding hydrogens is 669 g/mol. The molecule has 55 heavy (non-hydrogen) atoms. The lowest BCUT2D eigenvalue weighted by molar-refractivity contribution is 0.670. The maximum absolute atomic E-state index is 6.57. The van der Waals surface area contributed by atoms with Crippen molar-refractivity contribution < 1.29 is 4.42 Å². The largest absolute Gasteiger partial charge is 0.455 e. The van der Waals surface area contributed by atoms with Gasteiger partial charge in [0.25, 0.3) is 0 Å². The first kappa shape index (κ1) is 32.3. The Labute approximate surface area is 319 Å². The molecule has 0 spiro atoms. The van der Waals surface area contributed by atoms with Gasteiger partial charge in [0.2, 0.25) is 0 Å². The van der Waals surface area contributed by atoms with Crippen LogP contribution in [0.2, 0.25) is 0 Å². The van der Waals surface area contributed by atoms with Gasteiger partial charge >= 0.3 is 0 Å². The highest BCUT2D eigenvalue weighted by Gasteiger charge is 2.17. The van der Waals surface area contributed by atoms with Crippen LogP contribution < -0.4 is 0 Å². The zero-order valence-corrected chi connectivity index (χ0v) is 29.9. The molecule has 0 aliphatic carbocycles. The second kappa shape index (κ2) is 13.9. The first-order chi connectivity index (χ1) is 27.2. The van der Waals surface area contributed by atoms with E-state index >= 15 is 0 Å². The van der Waals surface area contributed by atoms with E-state index in [1.807, 2.05) is 36.4 Å². The number of benzene rings is 8. The predicted molar refractivity (Wildman–Crippen MR) is 227 cm³/mol. The molecule has 2 aromatic heterocycles. The van der Waals surface area contributed by atoms with Crippen LogP contribution in [-0.4, -0.2) is 9.97 Å². The Morgan fingerprint density at radius 2 is 0.764 bits per heavy atom. The molecule has 10 rings (SSSR count). The van der Waals surface area contributed by atoms with Gasteiger partial charge in [-0.1, -0.05) is 170 Å². The maximum Gasteiger partial charge on any atom is 0.160 e. The summed E-state index contributed by atoms with van der Waals surface area (Å²) in [7, 11) is 0. The van der Waals surface area contributed by atoms with Crippen LogP contribution in [0.1, 0.15) is 0 Å². The van der Waals surface area contributed by atoms with Crippen LogP contribution in [0.3, 0.4) is 0 Å². The molecule has 2 heterocycles. The summed E-state index contributed by atoms with van der Waals surface area (Å²) < 4.78 is 6.57. The van der Waals surface area contributed by atoms with Crippen molar-refractivity contribution in [3.63, 3.8) is 0 Å². The van der Waals surface area contributed by atoms with Crippen molar-refractivity contribution in [1.82, 2.24) is 9.97 Å². The zero-order valence-electron chi connectivity index (χ0n) is 29.9. The lowest BCUT2D eigenvalue weighted by atomic mass is 9.93. The van der Waals surface area contributed by atoms with Crippen molar-refractivity contribution in [2.45, 2.75) is 0 Å². The van der Waals surface area contributed by atoms with Crippen LogP contribution >= 0.6 is 0 Å². The Balaban J connectivity index is 1.18. The molecule has 8 aromatic carbocycles. The summed E-state index contributed by atoms with van der Waals surface area (Å²) in [5.41, 5.74) is 15.4. The molecule has 0 fully saturated rings. The molecule has 0 saturated carbocycles. The maximum atomic E-state index is 6.57. The monoisotopic (exact) mass is 702 g/mol. The van der Waals surface area contributed by atoms with Gasteiger partial charge in [0.15, 0.2) is 5.82 Å². The minimum absolute atomic E-state index is 0.678. The van der Waals surface area contributed by atoms with E-state index in [1.165, 1.54) is 11.1 Å². The molecule has 0 unspecified atom stereocenters. The molecule has 0 N–H and O–H groups in total. The topological polar surface area (TPSA) is 38.9 Å². The fourth-order valence-electron chi connectivity index (χ4n) is 7.51. The predicted octanol–water partition coefficient (Wildman–Crippen LogP) is 14.0. The van der Waals surface area contributed by atoms with E-state index in [4.69, 9.17) is 14.4 Å². The lowest BCUT2D eigenvalue weighted by Crippen LogP contribution is -1.97. The molecular formula is C52H34N2O. The smallest absolute Gasteiger partial charge is 0.160 e. The minimum Gasteiger partial charge on any atom is -0.455 e. The van der Waals surface area contributed by atoms with E-state index in [-0.39, 0.29) is 0 Å². The van der Waals surface area contributed by atoms with Crippen LogP contribution in [-0.2, 0) is 0 Å². The Hall–Kier alpha value is -7.36. The third kappa shape index (κ3) is 6.28. The Bertz CT molecular complexity index is 2950. The first-order valence-corrected chi connectivity index (χ1v) is 18.6. The third-order valence-electron chi connectivity index (χ3n) is 10.3. The number of aromatic nitrogens is 2. The van der Waals surface area contributed by atoms with Crippen LogP contribution in [0.25, 0.3) is 100 Å². The zero-order chi connectivity index (χ0) is 36.6. The van der Waals surface area contributed by atoms with Crippen molar-refractivity contribution in [1.29, 1.82) is 0 Å². The summed E-state index contributed by atoms with van der Waals surface area (Å²) in [5, 5.41) is 2.21. The van der Waals surface area contributed by atoms with E-state index < -0.39 is 0 Å². The van der Waals surface area contributed by atoms with Crippen LogP contribution in [0.5, 0.6) is 0 Å². The normalized spacial score (nSPS) is 11.3. The van der Waals surface area contributed by atoms with Crippen molar-refractivity contribution in [2.24, 2.45) is 0 Å². The van der Waals surface area contributed by atoms with Crippen LogP contribution in [0, 0.1) is 0 Å². The summed E-state index contributed by atoms with van der Waals surface area (Å²) in [4.78, 5) is 10.4. The number of nitrogens with zero attached hydrogens (tertiary/aromatic N) is 2. The van der Waals surface area contributed by atoms with Crippen molar-refractivity contribution in [3.8, 4) is 78.4 Å². The number of fused-ring (bicyclic) bond motifs is 3. The number of hydrogen-bond acceptors (Lipinski definition) is 3. The van der Waals surface area contributed by atoms with Gasteiger partial charge in [-0.2, -0.15) is 0 Å². The highest BCUT2D eigenvalue weighted by molar-refractivity contribution is 6.09. The van der Waals surface area contributed by atoms with E-state index in [1.54, 1.807) is 0 Å². The molecule has 3 nitrogen and oxygen atoms in total. The van der Waals surface area contributed by atoms with Crippen LogP contribution in [0.4, 0.5) is 0 Å². The molecule has 10 aromatic rings. The second-order valence-electron chi connectivity index (χ2n) is 13.8. The van der Waals surface area contributed by atoms with E-state index in [0.717, 1.165) is 83.4 Å². The number of para-hydroxylation sites is 2. The van der Waals surface area contributed by atoms with Gasteiger partial charge < -0.3 is 4.42 Å². The van der Waals surface area contributed by atoms with Gasteiger partial charge in [0.1, 0.15) is 11.2 Å². The molecule has 0 aliphatic rings. The van der Waals surface area contributed by atoms with Crippen molar-refractivity contribution in [3.05, 3.63) is 206 Å². The van der Waals surface area contributed by atoms with Gasteiger partial charge in [-0.3, -0.25) is 0 Å². The van der Waals surface area contributed by atoms with E-state index in [2.05, 4.69) is 170 Å². The number of furan rings is 1. The third-order valence-corrected chi connectivity index (χ3v) is 10.3. The molecule has 0 aliphatic heterocycles. The molecule has 0 radical (unpaired) electrons. The second-order valence-corrected chi connectivity index (χ2v) is 13.8. The highest BCUT2D eigenvalue weighted by atomic mass is 16.3. The summed E-state index contributed by atoms with van der Waals surface area (Å²) >= 11 is 0. The average molecular weight is 703 g/mol. The van der Waals surface area contributed by atoms with Crippen molar-refractivity contribution in [2.75, 3.05) is 0 Å². The summed E-state index contributed by atoms with van der Waals surface area (Å²) in [5.74, 6) is 0.678. The van der Waals surface area contributed by atoms with Gasteiger partial charge in [0, 0.05) is 33.0 Å². The van der Waals surface area contributed by atoms with Crippen molar-refractivity contribution >= 4 is 21.9 Å². The Kier molecular flexibility index (Phi) is 8.16. The summed E-state index contributed by atoms with van der Waals surface area (Å²) in [6.07, 6.45) is 0. The average Bonchev–Trinajstić information content (AvgIpc) is 3.66. The lowest BCUT2D eigenvalue weighted by Gasteiger charge is -2.14. The first-order valence-electron chi connectivity index (χ1n) is 18.6. The van der Waals surface area contributed by atoms with Gasteiger partial charge in [0.05, 0.1) is 11.4 Å². The Morgan fingerprint density at radius 1 is 0.291 bits per heavy atom. The van der Waals surface area contributed by atoms with Gasteiger partial charge in [-0.15, -0.1) is 0 Å². The van der Waals surface area contributed by atoms with E-state index in [0.29, 0.717) is 5.82 Å². The number of rotatable bonds is 7. The molecule has 258 valence electrons. The standard InChI is InChI=1S/C52H34N2O/c1-4-14-35(15-5-1)37-26-28-38(29-27-37)42-31-43(45-23-13-24-47-46-22-10-11-25-50(46)55-51(45)47)33-44(32-42)49-34-48(53-52(54-49)39-18-8-3-9-19-39)41-21-12-20-40(30-41)36-16-6-2-7-17-36/h1-34H. The summed E-state index contributed by atoms with van der Waals surface area (Å²) in [6, 6.07) is 72.2. The molecule has 0 atom stereocenters. The fourth-order valence-corrected chi connectivity index (χ4v) is 7.51. The summed E-state index contributed by atoms with van der Waals surface area (Å²) in [6.45, 7) is 0. The molecule has 0 bridgehead atoms. The van der Waals surface area contributed by atoms with E-state index in [9.17, 15) is 0 Å². The molecule has 0 saturated heterocycles. The van der Waals surface area contributed by atoms with Gasteiger partial charge in [-0.05, 0) is 75.3 Å². The Morgan fingerprint density at radius 3 is 1.49 bits per heavy atom. The fraction of sp³-hybridized carbons (Fsp3) is 0. The highest BCUT2D eigenvalue weighted by Crippen LogP contribution is 2.40. The number of hydrogen-bond donors (Lipinski definition) is 0. The SMILES string of the molecule is c1ccc(-c2ccc(-c3cc(-c4cc(-c5cccc(-c6ccccc6)c5)nc(-c5ccccc5)n4)cc(-c4cccc5c4oc4ccccc45)c3)cc2)cc1. The van der Waals surface area contributed by atoms with Crippen LogP contribution in [0.15, 0.2) is 211 Å². The minimum atomic E-state index is 0.678.